The van der Waals surface area contributed by atoms with Crippen molar-refractivity contribution in [1.29, 1.82) is 0 Å². The number of carbonyl (C=O) groups excluding carboxylic acids is 1. The van der Waals surface area contributed by atoms with E-state index in [2.05, 4.69) is 5.32 Å². The quantitative estimate of drug-likeness (QED) is 0.747. The summed E-state index contributed by atoms with van der Waals surface area (Å²) in [5.41, 5.74) is 0. The lowest BCUT2D eigenvalue weighted by Crippen LogP contribution is -2.51. The van der Waals surface area contributed by atoms with Crippen LogP contribution in [0.4, 0.5) is 0 Å². The molecular weight excluding hydrogens is 356 g/mol. The fourth-order valence-electron chi connectivity index (χ4n) is 3.07. The molecule has 1 heterocycles. The molecule has 0 aliphatic carbocycles. The maximum Gasteiger partial charge on any atom is 0.326 e. The van der Waals surface area contributed by atoms with Gasteiger partial charge in [0.2, 0.25) is 15.9 Å². The van der Waals surface area contributed by atoms with Gasteiger partial charge in [-0.25, -0.2) is 13.2 Å². The molecule has 0 bridgehead atoms. The second-order valence-electron chi connectivity index (χ2n) is 6.73. The summed E-state index contributed by atoms with van der Waals surface area (Å²) >= 11 is 0. The van der Waals surface area contributed by atoms with Crippen LogP contribution < -0.4 is 5.32 Å². The van der Waals surface area contributed by atoms with Crippen molar-refractivity contribution >= 4 is 21.9 Å². The molecule has 2 N–H and O–H groups in total. The Morgan fingerprint density at radius 1 is 1.31 bits per heavy atom. The Hall–Kier alpha value is -1.93. The van der Waals surface area contributed by atoms with E-state index >= 15 is 0 Å². The van der Waals surface area contributed by atoms with Crippen LogP contribution in [0.3, 0.4) is 0 Å². The number of benzene rings is 1. The van der Waals surface area contributed by atoms with Crippen LogP contribution in [0.1, 0.15) is 33.1 Å². The van der Waals surface area contributed by atoms with Crippen molar-refractivity contribution in [1.82, 2.24) is 9.62 Å². The van der Waals surface area contributed by atoms with E-state index in [4.69, 9.17) is 0 Å². The van der Waals surface area contributed by atoms with Gasteiger partial charge in [0.15, 0.2) is 0 Å². The number of carbonyl (C=O) groups is 2. The third-order valence-electron chi connectivity index (χ3n) is 4.91. The van der Waals surface area contributed by atoms with Crippen LogP contribution in [-0.4, -0.2) is 48.8 Å². The van der Waals surface area contributed by atoms with Crippen molar-refractivity contribution in [2.45, 2.75) is 44.0 Å². The van der Waals surface area contributed by atoms with Gasteiger partial charge in [-0.1, -0.05) is 38.5 Å². The number of nitrogens with one attached hydrogen (secondary N) is 1. The van der Waals surface area contributed by atoms with Crippen molar-refractivity contribution < 1.29 is 23.1 Å². The zero-order chi connectivity index (χ0) is 19.3. The first-order chi connectivity index (χ1) is 12.3. The van der Waals surface area contributed by atoms with Crippen LogP contribution >= 0.6 is 0 Å². The number of rotatable bonds is 7. The van der Waals surface area contributed by atoms with Crippen molar-refractivity contribution in [3.05, 3.63) is 30.3 Å². The van der Waals surface area contributed by atoms with Gasteiger partial charge >= 0.3 is 5.97 Å². The Morgan fingerprint density at radius 2 is 1.96 bits per heavy atom. The average molecular weight is 382 g/mol. The zero-order valence-electron chi connectivity index (χ0n) is 15.1. The van der Waals surface area contributed by atoms with Crippen molar-refractivity contribution in [2.24, 2.45) is 11.8 Å². The molecule has 1 aliphatic heterocycles. The number of hydrogen-bond acceptors (Lipinski definition) is 4. The lowest BCUT2D eigenvalue weighted by Gasteiger charge is -2.32. The zero-order valence-corrected chi connectivity index (χ0v) is 15.9. The van der Waals surface area contributed by atoms with Gasteiger partial charge in [0.25, 0.3) is 0 Å². The molecule has 7 nitrogen and oxygen atoms in total. The molecule has 3 unspecified atom stereocenters. The topological polar surface area (TPSA) is 104 Å². The van der Waals surface area contributed by atoms with Crippen LogP contribution in [0.5, 0.6) is 0 Å². The number of sulfonamides is 1. The first kappa shape index (κ1) is 20.4. The van der Waals surface area contributed by atoms with Gasteiger partial charge in [0.1, 0.15) is 6.04 Å². The molecule has 1 amide bonds. The van der Waals surface area contributed by atoms with Crippen LogP contribution in [0.15, 0.2) is 35.2 Å². The standard InChI is InChI=1S/C18H26N2O5S/c1-3-13(2)16(18(22)23)19-17(21)14-8-7-11-20(12-14)26(24,25)15-9-5-4-6-10-15/h4-6,9-10,13-14,16H,3,7-8,11-12H2,1-2H3,(H,19,21)(H,22,23). The third kappa shape index (κ3) is 4.62. The number of aliphatic carboxylic acids is 1. The number of carboxylic acids is 1. The summed E-state index contributed by atoms with van der Waals surface area (Å²) in [5, 5.41) is 11.9. The van der Waals surface area contributed by atoms with Gasteiger partial charge in [-0.05, 0) is 30.9 Å². The number of hydrogen-bond donors (Lipinski definition) is 2. The Kier molecular flexibility index (Phi) is 6.77. The molecule has 0 spiro atoms. The second kappa shape index (κ2) is 8.64. The van der Waals surface area contributed by atoms with E-state index < -0.39 is 33.9 Å². The first-order valence-electron chi connectivity index (χ1n) is 8.85. The highest BCUT2D eigenvalue weighted by Crippen LogP contribution is 2.24. The maximum absolute atomic E-state index is 12.7. The lowest BCUT2D eigenvalue weighted by molar-refractivity contribution is -0.144. The SMILES string of the molecule is CCC(C)C(NC(=O)C1CCCN(S(=O)(=O)c2ccccc2)C1)C(=O)O. The van der Waals surface area contributed by atoms with E-state index in [-0.39, 0.29) is 17.4 Å². The number of carboxylic acid groups (broad SMARTS) is 1. The van der Waals surface area contributed by atoms with Crippen LogP contribution in [-0.2, 0) is 19.6 Å². The molecule has 144 valence electrons. The molecule has 1 aromatic rings. The minimum absolute atomic E-state index is 0.0654. The molecule has 0 radical (unpaired) electrons. The highest BCUT2D eigenvalue weighted by atomic mass is 32.2. The van der Waals surface area contributed by atoms with Gasteiger partial charge in [0, 0.05) is 13.1 Å². The highest BCUT2D eigenvalue weighted by Gasteiger charge is 2.35. The monoisotopic (exact) mass is 382 g/mol. The Balaban J connectivity index is 2.10. The second-order valence-corrected chi connectivity index (χ2v) is 8.66. The summed E-state index contributed by atoms with van der Waals surface area (Å²) in [6.07, 6.45) is 1.72. The third-order valence-corrected chi connectivity index (χ3v) is 6.79. The van der Waals surface area contributed by atoms with Crippen molar-refractivity contribution in [3.8, 4) is 0 Å². The summed E-state index contributed by atoms with van der Waals surface area (Å²) in [6, 6.07) is 7.15. The summed E-state index contributed by atoms with van der Waals surface area (Å²) < 4.78 is 26.8. The fraction of sp³-hybridized carbons (Fsp3) is 0.556. The number of amides is 1. The van der Waals surface area contributed by atoms with Crippen LogP contribution in [0.2, 0.25) is 0 Å². The van der Waals surface area contributed by atoms with E-state index in [1.807, 2.05) is 6.92 Å². The van der Waals surface area contributed by atoms with Gasteiger partial charge < -0.3 is 10.4 Å². The van der Waals surface area contributed by atoms with E-state index in [0.29, 0.717) is 25.8 Å². The molecule has 1 aliphatic rings. The average Bonchev–Trinajstić information content (AvgIpc) is 2.65. The molecule has 26 heavy (non-hydrogen) atoms. The van der Waals surface area contributed by atoms with Gasteiger partial charge in [-0.2, -0.15) is 4.31 Å². The molecule has 2 rings (SSSR count). The van der Waals surface area contributed by atoms with Gasteiger partial charge in [-0.3, -0.25) is 4.79 Å². The largest absolute Gasteiger partial charge is 0.480 e. The van der Waals surface area contributed by atoms with Crippen LogP contribution in [0, 0.1) is 11.8 Å². The molecule has 0 saturated carbocycles. The highest BCUT2D eigenvalue weighted by molar-refractivity contribution is 7.89. The van der Waals surface area contributed by atoms with Crippen molar-refractivity contribution in [3.63, 3.8) is 0 Å². The summed E-state index contributed by atoms with van der Waals surface area (Å²) in [6.45, 7) is 4.05. The predicted octanol–water partition coefficient (Wildman–Crippen LogP) is 1.70. The fourth-order valence-corrected chi connectivity index (χ4v) is 4.62. The smallest absolute Gasteiger partial charge is 0.326 e. The van der Waals surface area contributed by atoms with E-state index in [0.717, 1.165) is 0 Å². The first-order valence-corrected chi connectivity index (χ1v) is 10.3. The van der Waals surface area contributed by atoms with Gasteiger partial charge in [-0.15, -0.1) is 0 Å². The molecule has 1 aromatic carbocycles. The van der Waals surface area contributed by atoms with E-state index in [1.54, 1.807) is 25.1 Å². The minimum Gasteiger partial charge on any atom is -0.480 e. The maximum atomic E-state index is 12.7. The predicted molar refractivity (Wildman–Crippen MR) is 96.9 cm³/mol. The molecule has 0 aromatic heterocycles. The Bertz CT molecular complexity index is 735. The normalized spacial score (nSPS) is 20.9. The minimum atomic E-state index is -3.66. The molecular formula is C18H26N2O5S. The Labute approximate surface area is 154 Å². The number of nitrogens with zero attached hydrogens (tertiary/aromatic N) is 1. The summed E-state index contributed by atoms with van der Waals surface area (Å²) in [7, 11) is -3.66. The number of piperidine rings is 1. The Morgan fingerprint density at radius 3 is 2.54 bits per heavy atom. The lowest BCUT2D eigenvalue weighted by atomic mass is 9.95. The molecule has 3 atom stereocenters. The van der Waals surface area contributed by atoms with E-state index in [1.165, 1.54) is 16.4 Å². The van der Waals surface area contributed by atoms with Crippen LogP contribution in [0.25, 0.3) is 0 Å². The summed E-state index contributed by atoms with van der Waals surface area (Å²) in [4.78, 5) is 24.2. The summed E-state index contributed by atoms with van der Waals surface area (Å²) in [5.74, 6) is -2.22. The van der Waals surface area contributed by atoms with Crippen molar-refractivity contribution in [2.75, 3.05) is 13.1 Å². The molecule has 1 saturated heterocycles. The molecule has 1 fully saturated rings. The van der Waals surface area contributed by atoms with E-state index in [9.17, 15) is 23.1 Å². The molecule has 8 heteroatoms. The van der Waals surface area contributed by atoms with Gasteiger partial charge in [0.05, 0.1) is 10.8 Å².